The molecule has 18 heavy (non-hydrogen) atoms. The number of hydrogen-bond acceptors (Lipinski definition) is 5. The number of thioether (sulfide) groups is 1. The van der Waals surface area contributed by atoms with Crippen LogP contribution in [-0.2, 0) is 14.3 Å². The lowest BCUT2D eigenvalue weighted by Crippen LogP contribution is -2.41. The highest BCUT2D eigenvalue weighted by molar-refractivity contribution is 8.14. The molecule has 1 heterocycles. The number of hydrogen-bond donors (Lipinski definition) is 1. The molecule has 1 aliphatic rings. The van der Waals surface area contributed by atoms with Crippen molar-refractivity contribution in [2.45, 2.75) is 39.8 Å². The number of amides is 1. The minimum atomic E-state index is -0.431. The topological polar surface area (TPSA) is 67.8 Å². The van der Waals surface area contributed by atoms with Gasteiger partial charge in [0.15, 0.2) is 6.04 Å². The van der Waals surface area contributed by atoms with Crippen LogP contribution >= 0.6 is 11.8 Å². The first kappa shape index (κ1) is 15.0. The molecule has 0 aromatic heterocycles. The van der Waals surface area contributed by atoms with E-state index in [1.165, 1.54) is 18.7 Å². The van der Waals surface area contributed by atoms with Gasteiger partial charge in [0.05, 0.1) is 17.7 Å². The zero-order valence-corrected chi connectivity index (χ0v) is 12.0. The highest BCUT2D eigenvalue weighted by atomic mass is 32.2. The lowest BCUT2D eigenvalue weighted by atomic mass is 10.1. The number of carbonyl (C=O) groups is 2. The third-order valence-electron chi connectivity index (χ3n) is 2.52. The van der Waals surface area contributed by atoms with E-state index < -0.39 is 6.04 Å². The fourth-order valence-corrected chi connectivity index (χ4v) is 2.91. The van der Waals surface area contributed by atoms with Gasteiger partial charge in [0.1, 0.15) is 0 Å². The molecule has 102 valence electrons. The molecule has 0 fully saturated rings. The first-order valence-corrected chi connectivity index (χ1v) is 7.08. The number of rotatable bonds is 5. The van der Waals surface area contributed by atoms with E-state index in [0.717, 1.165) is 5.04 Å². The van der Waals surface area contributed by atoms with Crippen LogP contribution in [0.3, 0.4) is 0 Å². The van der Waals surface area contributed by atoms with Gasteiger partial charge in [-0.15, -0.1) is 11.8 Å². The van der Waals surface area contributed by atoms with E-state index in [-0.39, 0.29) is 23.8 Å². The zero-order chi connectivity index (χ0) is 13.7. The van der Waals surface area contributed by atoms with Gasteiger partial charge >= 0.3 is 5.97 Å². The summed E-state index contributed by atoms with van der Waals surface area (Å²) < 4.78 is 4.95. The summed E-state index contributed by atoms with van der Waals surface area (Å²) in [5, 5.41) is 3.69. The monoisotopic (exact) mass is 272 g/mol. The molecule has 0 saturated heterocycles. The summed E-state index contributed by atoms with van der Waals surface area (Å²) in [7, 11) is 0. The molecule has 2 atom stereocenters. The van der Waals surface area contributed by atoms with E-state index in [2.05, 4.69) is 10.3 Å². The molecule has 0 saturated carbocycles. The Morgan fingerprint density at radius 3 is 2.72 bits per heavy atom. The molecule has 0 spiro atoms. The molecule has 5 nitrogen and oxygen atoms in total. The van der Waals surface area contributed by atoms with Crippen LogP contribution in [0.25, 0.3) is 0 Å². The molecule has 0 aromatic carbocycles. The predicted octanol–water partition coefficient (Wildman–Crippen LogP) is 1.22. The second-order valence-corrected chi connectivity index (χ2v) is 5.51. The summed E-state index contributed by atoms with van der Waals surface area (Å²) in [6.45, 7) is 7.66. The molecule has 0 radical (unpaired) electrons. The van der Waals surface area contributed by atoms with Crippen LogP contribution < -0.4 is 5.32 Å². The van der Waals surface area contributed by atoms with Gasteiger partial charge in [-0.05, 0) is 12.8 Å². The standard InChI is InChI=1S/C12H20N2O3S/c1-5-17-12(16)9-6-18-11(14-9)10(7(2)3)13-8(4)15/h7,9-10H,5-6H2,1-4H3,(H,13,15)/t9-,10-/m1/s1. The van der Waals surface area contributed by atoms with Crippen molar-refractivity contribution in [1.82, 2.24) is 5.32 Å². The van der Waals surface area contributed by atoms with Crippen molar-refractivity contribution in [1.29, 1.82) is 0 Å². The maximum atomic E-state index is 11.6. The summed E-state index contributed by atoms with van der Waals surface area (Å²) in [6.07, 6.45) is 0. The Labute approximate surface area is 112 Å². The highest BCUT2D eigenvalue weighted by Gasteiger charge is 2.31. The molecule has 0 aliphatic carbocycles. The van der Waals surface area contributed by atoms with Gasteiger partial charge in [-0.2, -0.15) is 0 Å². The molecular formula is C12H20N2O3S. The van der Waals surface area contributed by atoms with Crippen LogP contribution in [-0.4, -0.2) is 41.4 Å². The van der Waals surface area contributed by atoms with Crippen molar-refractivity contribution in [2.75, 3.05) is 12.4 Å². The normalized spacial score (nSPS) is 20.5. The van der Waals surface area contributed by atoms with Crippen molar-refractivity contribution in [3.63, 3.8) is 0 Å². The van der Waals surface area contributed by atoms with Gasteiger partial charge < -0.3 is 10.1 Å². The van der Waals surface area contributed by atoms with Crippen molar-refractivity contribution >= 4 is 28.7 Å². The Morgan fingerprint density at radius 2 is 2.22 bits per heavy atom. The maximum Gasteiger partial charge on any atom is 0.331 e. The third-order valence-corrected chi connectivity index (χ3v) is 3.66. The minimum absolute atomic E-state index is 0.0865. The van der Waals surface area contributed by atoms with Gasteiger partial charge in [0.2, 0.25) is 5.91 Å². The van der Waals surface area contributed by atoms with E-state index >= 15 is 0 Å². The van der Waals surface area contributed by atoms with E-state index in [1.54, 1.807) is 6.92 Å². The lowest BCUT2D eigenvalue weighted by molar-refractivity contribution is -0.143. The zero-order valence-electron chi connectivity index (χ0n) is 11.2. The van der Waals surface area contributed by atoms with Crippen LogP contribution in [0.15, 0.2) is 4.99 Å². The summed E-state index contributed by atoms with van der Waals surface area (Å²) in [4.78, 5) is 27.1. The minimum Gasteiger partial charge on any atom is -0.464 e. The van der Waals surface area contributed by atoms with E-state index in [0.29, 0.717) is 12.4 Å². The fraction of sp³-hybridized carbons (Fsp3) is 0.750. The average molecular weight is 272 g/mol. The van der Waals surface area contributed by atoms with E-state index in [1.807, 2.05) is 13.8 Å². The maximum absolute atomic E-state index is 11.6. The Bertz CT molecular complexity index is 355. The molecular weight excluding hydrogens is 252 g/mol. The van der Waals surface area contributed by atoms with Crippen molar-refractivity contribution < 1.29 is 14.3 Å². The summed E-state index contributed by atoms with van der Waals surface area (Å²) >= 11 is 1.52. The van der Waals surface area contributed by atoms with Gasteiger partial charge in [-0.25, -0.2) is 4.79 Å². The number of carbonyl (C=O) groups excluding carboxylic acids is 2. The average Bonchev–Trinajstić information content (AvgIpc) is 2.74. The van der Waals surface area contributed by atoms with Gasteiger partial charge in [-0.1, -0.05) is 13.8 Å². The van der Waals surface area contributed by atoms with E-state index in [9.17, 15) is 9.59 Å². The summed E-state index contributed by atoms with van der Waals surface area (Å²) in [5.41, 5.74) is 0. The molecule has 0 bridgehead atoms. The smallest absolute Gasteiger partial charge is 0.331 e. The Kier molecular flexibility index (Phi) is 5.65. The third kappa shape index (κ3) is 4.01. The van der Waals surface area contributed by atoms with Crippen LogP contribution in [0, 0.1) is 5.92 Å². The Hall–Kier alpha value is -1.04. The SMILES string of the molecule is CCOC(=O)[C@H]1CSC([C@H](NC(C)=O)C(C)C)=N1. The summed E-state index contributed by atoms with van der Waals surface area (Å²) in [6, 6.07) is -0.549. The number of nitrogens with one attached hydrogen (secondary N) is 1. The lowest BCUT2D eigenvalue weighted by Gasteiger charge is -2.21. The fourth-order valence-electron chi connectivity index (χ4n) is 1.65. The summed E-state index contributed by atoms with van der Waals surface area (Å²) in [5.74, 6) is 0.458. The van der Waals surface area contributed by atoms with Crippen molar-refractivity contribution in [2.24, 2.45) is 10.9 Å². The van der Waals surface area contributed by atoms with Crippen LogP contribution in [0.5, 0.6) is 0 Å². The first-order valence-electron chi connectivity index (χ1n) is 6.10. The second kappa shape index (κ2) is 6.78. The number of aliphatic imine (C=N–C) groups is 1. The molecule has 1 aliphatic heterocycles. The van der Waals surface area contributed by atoms with Gasteiger partial charge in [-0.3, -0.25) is 9.79 Å². The highest BCUT2D eigenvalue weighted by Crippen LogP contribution is 2.24. The van der Waals surface area contributed by atoms with Crippen molar-refractivity contribution in [3.05, 3.63) is 0 Å². The van der Waals surface area contributed by atoms with Gasteiger partial charge in [0.25, 0.3) is 0 Å². The number of ether oxygens (including phenoxy) is 1. The van der Waals surface area contributed by atoms with Crippen molar-refractivity contribution in [3.8, 4) is 0 Å². The molecule has 1 N–H and O–H groups in total. The predicted molar refractivity (Wildman–Crippen MR) is 72.8 cm³/mol. The quantitative estimate of drug-likeness (QED) is 0.764. The second-order valence-electron chi connectivity index (χ2n) is 4.47. The molecule has 1 rings (SSSR count). The number of nitrogens with zero attached hydrogens (tertiary/aromatic N) is 1. The van der Waals surface area contributed by atoms with Crippen LogP contribution in [0.4, 0.5) is 0 Å². The molecule has 0 aromatic rings. The largest absolute Gasteiger partial charge is 0.464 e. The number of esters is 1. The van der Waals surface area contributed by atoms with E-state index in [4.69, 9.17) is 4.74 Å². The molecule has 0 unspecified atom stereocenters. The molecule has 1 amide bonds. The molecule has 6 heteroatoms. The first-order chi connectivity index (χ1) is 8.45. The Morgan fingerprint density at radius 1 is 1.56 bits per heavy atom. The van der Waals surface area contributed by atoms with Crippen LogP contribution in [0.2, 0.25) is 0 Å². The Balaban J connectivity index is 2.72. The van der Waals surface area contributed by atoms with Gasteiger partial charge in [0, 0.05) is 12.7 Å². The van der Waals surface area contributed by atoms with Crippen LogP contribution in [0.1, 0.15) is 27.7 Å².